The highest BCUT2D eigenvalue weighted by atomic mass is 35.5. The van der Waals surface area contributed by atoms with Crippen LogP contribution in [0.15, 0.2) is 78.0 Å². The summed E-state index contributed by atoms with van der Waals surface area (Å²) in [7, 11) is -3.70. The number of fused-ring (bicyclic) bond motifs is 1. The number of benzene rings is 2. The van der Waals surface area contributed by atoms with Crippen molar-refractivity contribution in [2.24, 2.45) is 5.92 Å². The van der Waals surface area contributed by atoms with Gasteiger partial charge in [0.1, 0.15) is 0 Å². The van der Waals surface area contributed by atoms with E-state index >= 15 is 0 Å². The molecule has 1 amide bonds. The molecule has 4 aromatic rings. The molecule has 9 heteroatoms. The number of nitrogens with zero attached hydrogens (tertiary/aromatic N) is 3. The fourth-order valence-electron chi connectivity index (χ4n) is 4.50. The summed E-state index contributed by atoms with van der Waals surface area (Å²) in [6.45, 7) is 3.35. The van der Waals surface area contributed by atoms with Crippen molar-refractivity contribution in [3.63, 3.8) is 0 Å². The van der Waals surface area contributed by atoms with Gasteiger partial charge in [0.2, 0.25) is 10.0 Å². The van der Waals surface area contributed by atoms with Gasteiger partial charge in [0.15, 0.2) is 0 Å². The Bertz CT molecular complexity index is 1550. The maximum Gasteiger partial charge on any atom is 0.252 e. The molecule has 1 saturated heterocycles. The van der Waals surface area contributed by atoms with E-state index in [9.17, 15) is 13.2 Å². The smallest absolute Gasteiger partial charge is 0.252 e. The zero-order chi connectivity index (χ0) is 26.0. The van der Waals surface area contributed by atoms with E-state index in [1.54, 1.807) is 48.8 Å². The average molecular weight is 535 g/mol. The molecule has 0 aliphatic carbocycles. The first kappa shape index (κ1) is 25.3. The number of aromatic nitrogens is 2. The van der Waals surface area contributed by atoms with Crippen LogP contribution in [-0.4, -0.2) is 41.7 Å². The van der Waals surface area contributed by atoms with E-state index in [0.717, 1.165) is 24.0 Å². The predicted octanol–water partition coefficient (Wildman–Crippen LogP) is 5.30. The number of rotatable bonds is 6. The number of nitrogens with one attached hydrogen (secondary N) is 1. The third-order valence-electron chi connectivity index (χ3n) is 6.76. The van der Waals surface area contributed by atoms with E-state index in [2.05, 4.69) is 17.2 Å². The zero-order valence-corrected chi connectivity index (χ0v) is 22.0. The van der Waals surface area contributed by atoms with Gasteiger partial charge in [-0.05, 0) is 66.8 Å². The molecule has 0 spiro atoms. The molecule has 0 atom stereocenters. The third-order valence-corrected chi connectivity index (χ3v) is 9.02. The highest BCUT2D eigenvalue weighted by Crippen LogP contribution is 2.29. The molecule has 2 aromatic carbocycles. The summed E-state index contributed by atoms with van der Waals surface area (Å²) in [5, 5.41) is 3.95. The Morgan fingerprint density at radius 1 is 1.08 bits per heavy atom. The second-order valence-corrected chi connectivity index (χ2v) is 11.7. The molecule has 1 aliphatic heterocycles. The number of piperidine rings is 1. The summed E-state index contributed by atoms with van der Waals surface area (Å²) in [5.41, 5.74) is 2.97. The standard InChI is InChI=1S/C28H27ClN4O3S/c1-19-10-13-33(14-11-19)37(35,36)22-8-9-26-23(15-22)24(16-27(32-26)21-6-4-12-30-17-21)28(34)31-18-20-5-2-3-7-25(20)29/h2-9,12,15-17,19H,10-11,13-14,18H2,1H3,(H,31,34). The highest BCUT2D eigenvalue weighted by Gasteiger charge is 2.29. The number of halogens is 1. The van der Waals surface area contributed by atoms with Crippen molar-refractivity contribution in [2.75, 3.05) is 13.1 Å². The molecular formula is C28H27ClN4O3S. The lowest BCUT2D eigenvalue weighted by Crippen LogP contribution is -2.37. The van der Waals surface area contributed by atoms with E-state index in [1.807, 2.05) is 24.3 Å². The summed E-state index contributed by atoms with van der Waals surface area (Å²) in [6, 6.07) is 17.4. The number of pyridine rings is 2. The largest absolute Gasteiger partial charge is 0.348 e. The lowest BCUT2D eigenvalue weighted by atomic mass is 10.0. The number of amides is 1. The molecule has 1 N–H and O–H groups in total. The highest BCUT2D eigenvalue weighted by molar-refractivity contribution is 7.89. The van der Waals surface area contributed by atoms with Crippen molar-refractivity contribution in [1.82, 2.24) is 19.6 Å². The van der Waals surface area contributed by atoms with E-state index in [-0.39, 0.29) is 17.3 Å². The Hall–Kier alpha value is -3.33. The molecular weight excluding hydrogens is 508 g/mol. The van der Waals surface area contributed by atoms with Crippen LogP contribution in [-0.2, 0) is 16.6 Å². The monoisotopic (exact) mass is 534 g/mol. The second-order valence-electron chi connectivity index (χ2n) is 9.34. The van der Waals surface area contributed by atoms with Gasteiger partial charge in [0, 0.05) is 48.0 Å². The quantitative estimate of drug-likeness (QED) is 0.362. The fraction of sp³-hybridized carbons (Fsp3) is 0.250. The minimum Gasteiger partial charge on any atom is -0.348 e. The summed E-state index contributed by atoms with van der Waals surface area (Å²) in [4.78, 5) is 22.5. The van der Waals surface area contributed by atoms with Crippen molar-refractivity contribution in [3.8, 4) is 11.3 Å². The topological polar surface area (TPSA) is 92.3 Å². The fourth-order valence-corrected chi connectivity index (χ4v) is 6.20. The van der Waals surface area contributed by atoms with Gasteiger partial charge in [-0.15, -0.1) is 0 Å². The molecule has 0 bridgehead atoms. The number of sulfonamides is 1. The molecule has 0 saturated carbocycles. The van der Waals surface area contributed by atoms with Crippen LogP contribution in [0.5, 0.6) is 0 Å². The van der Waals surface area contributed by atoms with Gasteiger partial charge < -0.3 is 5.32 Å². The number of hydrogen-bond donors (Lipinski definition) is 1. The van der Waals surface area contributed by atoms with Crippen molar-refractivity contribution < 1.29 is 13.2 Å². The van der Waals surface area contributed by atoms with Gasteiger partial charge in [0.25, 0.3) is 5.91 Å². The lowest BCUT2D eigenvalue weighted by Gasteiger charge is -2.29. The van der Waals surface area contributed by atoms with Crippen molar-refractivity contribution in [3.05, 3.63) is 89.2 Å². The Labute approximate surface area is 221 Å². The van der Waals surface area contributed by atoms with Gasteiger partial charge in [-0.2, -0.15) is 4.31 Å². The van der Waals surface area contributed by atoms with Crippen LogP contribution in [0.1, 0.15) is 35.7 Å². The number of carbonyl (C=O) groups is 1. The van der Waals surface area contributed by atoms with E-state index in [1.165, 1.54) is 4.31 Å². The molecule has 3 heterocycles. The zero-order valence-electron chi connectivity index (χ0n) is 20.4. The maximum atomic E-state index is 13.5. The van der Waals surface area contributed by atoms with Gasteiger partial charge in [0.05, 0.1) is 21.7 Å². The van der Waals surface area contributed by atoms with Gasteiger partial charge in [-0.1, -0.05) is 36.7 Å². The van der Waals surface area contributed by atoms with Crippen LogP contribution in [0.2, 0.25) is 5.02 Å². The molecule has 2 aromatic heterocycles. The average Bonchev–Trinajstić information content (AvgIpc) is 2.92. The Morgan fingerprint density at radius 3 is 2.59 bits per heavy atom. The van der Waals surface area contributed by atoms with Gasteiger partial charge >= 0.3 is 0 Å². The summed E-state index contributed by atoms with van der Waals surface area (Å²) in [6.07, 6.45) is 5.01. The molecule has 1 aliphatic rings. The van der Waals surface area contributed by atoms with E-state index in [4.69, 9.17) is 16.6 Å². The SMILES string of the molecule is CC1CCN(S(=O)(=O)c2ccc3nc(-c4cccnc4)cc(C(=O)NCc4ccccc4Cl)c3c2)CC1. The molecule has 7 nitrogen and oxygen atoms in total. The van der Waals surface area contributed by atoms with Crippen LogP contribution < -0.4 is 5.32 Å². The minimum atomic E-state index is -3.70. The first-order chi connectivity index (χ1) is 17.8. The molecule has 0 unspecified atom stereocenters. The summed E-state index contributed by atoms with van der Waals surface area (Å²) < 4.78 is 28.4. The maximum absolute atomic E-state index is 13.5. The van der Waals surface area contributed by atoms with E-state index < -0.39 is 10.0 Å². The molecule has 0 radical (unpaired) electrons. The van der Waals surface area contributed by atoms with Crippen LogP contribution in [0.25, 0.3) is 22.2 Å². The Kier molecular flexibility index (Phi) is 7.24. The van der Waals surface area contributed by atoms with Crippen molar-refractivity contribution in [1.29, 1.82) is 0 Å². The number of hydrogen-bond acceptors (Lipinski definition) is 5. The Morgan fingerprint density at radius 2 is 1.86 bits per heavy atom. The molecule has 37 heavy (non-hydrogen) atoms. The normalized spacial score (nSPS) is 15.1. The van der Waals surface area contributed by atoms with Crippen LogP contribution in [0, 0.1) is 5.92 Å². The molecule has 5 rings (SSSR count). The van der Waals surface area contributed by atoms with Crippen molar-refractivity contribution in [2.45, 2.75) is 31.2 Å². The van der Waals surface area contributed by atoms with Gasteiger partial charge in [-0.3, -0.25) is 9.78 Å². The minimum absolute atomic E-state index is 0.158. The lowest BCUT2D eigenvalue weighted by molar-refractivity contribution is 0.0952. The third kappa shape index (κ3) is 5.37. The van der Waals surface area contributed by atoms with Crippen LogP contribution >= 0.6 is 11.6 Å². The predicted molar refractivity (Wildman–Crippen MR) is 145 cm³/mol. The molecule has 190 valence electrons. The van der Waals surface area contributed by atoms with Gasteiger partial charge in [-0.25, -0.2) is 13.4 Å². The number of carbonyl (C=O) groups excluding carboxylic acids is 1. The Balaban J connectivity index is 1.56. The van der Waals surface area contributed by atoms with Crippen LogP contribution in [0.4, 0.5) is 0 Å². The summed E-state index contributed by atoms with van der Waals surface area (Å²) >= 11 is 6.27. The second kappa shape index (κ2) is 10.6. The first-order valence-electron chi connectivity index (χ1n) is 12.2. The first-order valence-corrected chi connectivity index (χ1v) is 14.0. The van der Waals surface area contributed by atoms with Crippen molar-refractivity contribution >= 4 is 38.4 Å². The summed E-state index contributed by atoms with van der Waals surface area (Å²) in [5.74, 6) is 0.158. The van der Waals surface area contributed by atoms with E-state index in [0.29, 0.717) is 46.2 Å². The van der Waals surface area contributed by atoms with Crippen LogP contribution in [0.3, 0.4) is 0 Å². The molecule has 1 fully saturated rings.